The van der Waals surface area contributed by atoms with E-state index in [1.807, 2.05) is 0 Å². The standard InChI is InChI=1S/C6H12.C2H6O.CH4O/c1-2-4-6-5-3-1;1-2-3;1-2/h1-6H2;3H,2H2,1H3;2H,1H3. The normalized spacial score (nSPS) is 15.3. The van der Waals surface area contributed by atoms with E-state index in [0.717, 1.165) is 7.11 Å². The number of rotatable bonds is 0. The molecule has 1 aliphatic rings. The Kier molecular flexibility index (Phi) is 20.2. The fourth-order valence-electron chi connectivity index (χ4n) is 1.06. The van der Waals surface area contributed by atoms with Crippen LogP contribution in [0.4, 0.5) is 0 Å². The maximum atomic E-state index is 7.57. The fraction of sp³-hybridized carbons (Fsp3) is 1.00. The van der Waals surface area contributed by atoms with Crippen LogP contribution in [0.5, 0.6) is 0 Å². The molecule has 0 aromatic rings. The lowest BCUT2D eigenvalue weighted by Crippen LogP contribution is -1.85. The van der Waals surface area contributed by atoms with Crippen molar-refractivity contribution in [2.45, 2.75) is 45.4 Å². The molecule has 11 heavy (non-hydrogen) atoms. The Hall–Kier alpha value is -0.0800. The van der Waals surface area contributed by atoms with Crippen LogP contribution in [0.1, 0.15) is 45.4 Å². The molecule has 2 nitrogen and oxygen atoms in total. The highest BCUT2D eigenvalue weighted by Crippen LogP contribution is 2.15. The van der Waals surface area contributed by atoms with Crippen molar-refractivity contribution in [1.29, 1.82) is 0 Å². The molecular formula is C9H22O2. The molecule has 0 aromatic carbocycles. The molecule has 0 bridgehead atoms. The minimum Gasteiger partial charge on any atom is -0.400 e. The number of aliphatic hydroxyl groups excluding tert-OH is 2. The maximum absolute atomic E-state index is 7.57. The summed E-state index contributed by atoms with van der Waals surface area (Å²) in [5.41, 5.74) is 0. The summed E-state index contributed by atoms with van der Waals surface area (Å²) < 4.78 is 0. The molecule has 0 aliphatic heterocycles. The Labute approximate surface area is 70.3 Å². The second-order valence-electron chi connectivity index (χ2n) is 2.44. The van der Waals surface area contributed by atoms with Gasteiger partial charge in [0.05, 0.1) is 0 Å². The van der Waals surface area contributed by atoms with Gasteiger partial charge < -0.3 is 10.2 Å². The lowest BCUT2D eigenvalue weighted by molar-refractivity contribution is 0.318. The topological polar surface area (TPSA) is 40.5 Å². The van der Waals surface area contributed by atoms with E-state index in [1.54, 1.807) is 6.92 Å². The van der Waals surface area contributed by atoms with Crippen molar-refractivity contribution in [3.05, 3.63) is 0 Å². The van der Waals surface area contributed by atoms with Crippen LogP contribution >= 0.6 is 0 Å². The molecule has 2 heteroatoms. The zero-order valence-corrected chi connectivity index (χ0v) is 7.84. The highest BCUT2D eigenvalue weighted by Gasteiger charge is 1.95. The van der Waals surface area contributed by atoms with E-state index in [2.05, 4.69) is 0 Å². The van der Waals surface area contributed by atoms with Gasteiger partial charge in [0.2, 0.25) is 0 Å². The van der Waals surface area contributed by atoms with E-state index in [4.69, 9.17) is 10.2 Å². The molecular weight excluding hydrogens is 140 g/mol. The van der Waals surface area contributed by atoms with Crippen LogP contribution in [0.2, 0.25) is 0 Å². The molecule has 0 radical (unpaired) electrons. The van der Waals surface area contributed by atoms with E-state index in [1.165, 1.54) is 38.5 Å². The molecule has 0 aromatic heterocycles. The summed E-state index contributed by atoms with van der Waals surface area (Å²) >= 11 is 0. The van der Waals surface area contributed by atoms with Crippen LogP contribution in [0, 0.1) is 0 Å². The molecule has 0 atom stereocenters. The average Bonchev–Trinajstić information content (AvgIpc) is 2.12. The quantitative estimate of drug-likeness (QED) is 0.571. The number of hydrogen-bond acceptors (Lipinski definition) is 2. The van der Waals surface area contributed by atoms with Gasteiger partial charge in [0.1, 0.15) is 0 Å². The summed E-state index contributed by atoms with van der Waals surface area (Å²) in [7, 11) is 1.00. The predicted octanol–water partition coefficient (Wildman–Crippen LogP) is 1.95. The van der Waals surface area contributed by atoms with Gasteiger partial charge in [-0.05, 0) is 6.92 Å². The first kappa shape index (κ1) is 13.5. The van der Waals surface area contributed by atoms with Gasteiger partial charge in [-0.3, -0.25) is 0 Å². The van der Waals surface area contributed by atoms with Crippen LogP contribution in [-0.4, -0.2) is 23.9 Å². The Morgan fingerprint density at radius 1 is 0.818 bits per heavy atom. The SMILES string of the molecule is C1CCCCC1.CCO.CO. The van der Waals surface area contributed by atoms with Crippen molar-refractivity contribution < 1.29 is 10.2 Å². The van der Waals surface area contributed by atoms with Gasteiger partial charge in [0, 0.05) is 13.7 Å². The second-order valence-corrected chi connectivity index (χ2v) is 2.44. The van der Waals surface area contributed by atoms with E-state index >= 15 is 0 Å². The monoisotopic (exact) mass is 162 g/mol. The molecule has 0 heterocycles. The van der Waals surface area contributed by atoms with Crippen LogP contribution in [0.3, 0.4) is 0 Å². The zero-order valence-electron chi connectivity index (χ0n) is 7.84. The first-order valence-corrected chi connectivity index (χ1v) is 4.47. The highest BCUT2D eigenvalue weighted by molar-refractivity contribution is 4.51. The molecule has 0 saturated heterocycles. The van der Waals surface area contributed by atoms with Crippen molar-refractivity contribution >= 4 is 0 Å². The fourth-order valence-corrected chi connectivity index (χ4v) is 1.06. The first-order chi connectivity index (χ1) is 5.41. The summed E-state index contributed by atoms with van der Waals surface area (Å²) in [6, 6.07) is 0. The Balaban J connectivity index is 0. The van der Waals surface area contributed by atoms with Gasteiger partial charge >= 0.3 is 0 Å². The van der Waals surface area contributed by atoms with E-state index in [9.17, 15) is 0 Å². The third-order valence-corrected chi connectivity index (χ3v) is 1.50. The lowest BCUT2D eigenvalue weighted by atomic mass is 10.0. The van der Waals surface area contributed by atoms with Gasteiger partial charge in [-0.2, -0.15) is 0 Å². The van der Waals surface area contributed by atoms with Crippen molar-refractivity contribution in [3.8, 4) is 0 Å². The van der Waals surface area contributed by atoms with Crippen LogP contribution < -0.4 is 0 Å². The second kappa shape index (κ2) is 16.5. The highest BCUT2D eigenvalue weighted by atomic mass is 16.2. The third kappa shape index (κ3) is 17.8. The summed E-state index contributed by atoms with van der Waals surface area (Å²) in [5.74, 6) is 0. The van der Waals surface area contributed by atoms with Gasteiger partial charge in [0.25, 0.3) is 0 Å². The first-order valence-electron chi connectivity index (χ1n) is 4.47. The Morgan fingerprint density at radius 3 is 1.00 bits per heavy atom. The third-order valence-electron chi connectivity index (χ3n) is 1.50. The van der Waals surface area contributed by atoms with Crippen molar-refractivity contribution in [3.63, 3.8) is 0 Å². The molecule has 1 aliphatic carbocycles. The molecule has 70 valence electrons. The van der Waals surface area contributed by atoms with E-state index < -0.39 is 0 Å². The van der Waals surface area contributed by atoms with Crippen molar-refractivity contribution in [2.75, 3.05) is 13.7 Å². The number of hydrogen-bond donors (Lipinski definition) is 2. The van der Waals surface area contributed by atoms with Gasteiger partial charge in [-0.1, -0.05) is 38.5 Å². The van der Waals surface area contributed by atoms with Crippen LogP contribution in [0.25, 0.3) is 0 Å². The van der Waals surface area contributed by atoms with Crippen molar-refractivity contribution in [2.24, 2.45) is 0 Å². The summed E-state index contributed by atoms with van der Waals surface area (Å²) in [6.07, 6.45) is 9.00. The van der Waals surface area contributed by atoms with Gasteiger partial charge in [-0.15, -0.1) is 0 Å². The van der Waals surface area contributed by atoms with Gasteiger partial charge in [0.15, 0.2) is 0 Å². The smallest absolute Gasteiger partial charge is 0.0402 e. The Bertz CT molecular complexity index is 31.3. The maximum Gasteiger partial charge on any atom is 0.0402 e. The van der Waals surface area contributed by atoms with Gasteiger partial charge in [-0.25, -0.2) is 0 Å². The molecule has 1 fully saturated rings. The summed E-state index contributed by atoms with van der Waals surface area (Å²) in [5, 5.41) is 14.6. The van der Waals surface area contributed by atoms with Crippen LogP contribution in [-0.2, 0) is 0 Å². The molecule has 1 rings (SSSR count). The lowest BCUT2D eigenvalue weighted by Gasteiger charge is -2.05. The van der Waals surface area contributed by atoms with Crippen molar-refractivity contribution in [1.82, 2.24) is 0 Å². The zero-order chi connectivity index (χ0) is 8.95. The molecule has 0 spiro atoms. The average molecular weight is 162 g/mol. The Morgan fingerprint density at radius 2 is 0.909 bits per heavy atom. The molecule has 0 unspecified atom stereocenters. The minimum atomic E-state index is 0.250. The summed E-state index contributed by atoms with van der Waals surface area (Å²) in [6.45, 7) is 1.93. The predicted molar refractivity (Wildman–Crippen MR) is 48.6 cm³/mol. The number of aliphatic hydroxyl groups is 2. The van der Waals surface area contributed by atoms with E-state index in [0.29, 0.717) is 0 Å². The minimum absolute atomic E-state index is 0.250. The molecule has 1 saturated carbocycles. The largest absolute Gasteiger partial charge is 0.400 e. The summed E-state index contributed by atoms with van der Waals surface area (Å²) in [4.78, 5) is 0. The van der Waals surface area contributed by atoms with E-state index in [-0.39, 0.29) is 6.61 Å². The molecule has 0 amide bonds. The van der Waals surface area contributed by atoms with Crippen LogP contribution in [0.15, 0.2) is 0 Å². The molecule has 2 N–H and O–H groups in total.